The van der Waals surface area contributed by atoms with Gasteiger partial charge in [-0.3, -0.25) is 4.57 Å². The van der Waals surface area contributed by atoms with Gasteiger partial charge in [0.2, 0.25) is 0 Å². The molecule has 0 saturated carbocycles. The third kappa shape index (κ3) is 4.90. The molecule has 0 aliphatic rings. The van der Waals surface area contributed by atoms with Crippen LogP contribution in [0.2, 0.25) is 0 Å². The van der Waals surface area contributed by atoms with Gasteiger partial charge in [0.15, 0.2) is 0 Å². The van der Waals surface area contributed by atoms with E-state index in [1.165, 1.54) is 5.56 Å². The highest BCUT2D eigenvalue weighted by Crippen LogP contribution is 2.43. The number of nitrogens with one attached hydrogen (secondary N) is 1. The lowest BCUT2D eigenvalue weighted by atomic mass is 10.0. The van der Waals surface area contributed by atoms with E-state index in [1.54, 1.807) is 6.66 Å². The summed E-state index contributed by atoms with van der Waals surface area (Å²) in [7, 11) is -2.96. The molecule has 2 aromatic carbocycles. The Morgan fingerprint density at radius 1 is 1.05 bits per heavy atom. The van der Waals surface area contributed by atoms with Crippen molar-refractivity contribution in [2.75, 3.05) is 11.8 Å². The standard InChI is InChI=1S/C16H19BrNO2P/c1-12(2)13-4-10-16(11-5-13)20-21(3,19)18-15-8-6-14(17)7-9-15/h4-12H,1-3H3,(H,18,19)/t21-/m0/s1. The molecule has 0 aromatic heterocycles. The number of rotatable bonds is 5. The van der Waals surface area contributed by atoms with Gasteiger partial charge in [0, 0.05) is 16.8 Å². The molecule has 2 aromatic rings. The summed E-state index contributed by atoms with van der Waals surface area (Å²) in [4.78, 5) is 0. The molecule has 0 radical (unpaired) electrons. The van der Waals surface area contributed by atoms with Crippen molar-refractivity contribution in [2.24, 2.45) is 0 Å². The van der Waals surface area contributed by atoms with E-state index in [9.17, 15) is 4.57 Å². The van der Waals surface area contributed by atoms with Gasteiger partial charge in [-0.15, -0.1) is 0 Å². The van der Waals surface area contributed by atoms with Gasteiger partial charge in [0.1, 0.15) is 5.75 Å². The third-order valence-electron chi connectivity index (χ3n) is 3.00. The summed E-state index contributed by atoms with van der Waals surface area (Å²) >= 11 is 3.37. The predicted octanol–water partition coefficient (Wildman–Crippen LogP) is 5.89. The molecular formula is C16H19BrNO2P. The molecule has 5 heteroatoms. The van der Waals surface area contributed by atoms with Gasteiger partial charge in [-0.25, -0.2) is 0 Å². The van der Waals surface area contributed by atoms with Crippen LogP contribution in [0.5, 0.6) is 5.75 Å². The minimum Gasteiger partial charge on any atom is -0.429 e. The molecule has 0 aliphatic heterocycles. The number of benzene rings is 2. The van der Waals surface area contributed by atoms with Gasteiger partial charge in [0.25, 0.3) is 0 Å². The summed E-state index contributed by atoms with van der Waals surface area (Å²) in [5.74, 6) is 1.07. The Morgan fingerprint density at radius 3 is 2.14 bits per heavy atom. The van der Waals surface area contributed by atoms with Crippen molar-refractivity contribution in [1.82, 2.24) is 0 Å². The van der Waals surface area contributed by atoms with E-state index in [0.29, 0.717) is 11.7 Å². The van der Waals surface area contributed by atoms with Gasteiger partial charge in [-0.1, -0.05) is 41.9 Å². The molecular weight excluding hydrogens is 349 g/mol. The van der Waals surface area contributed by atoms with Crippen LogP contribution in [0.15, 0.2) is 53.0 Å². The second-order valence-corrected chi connectivity index (χ2v) is 8.29. The molecule has 112 valence electrons. The Kier molecular flexibility index (Phi) is 5.13. The van der Waals surface area contributed by atoms with Crippen molar-refractivity contribution in [2.45, 2.75) is 19.8 Å². The average molecular weight is 368 g/mol. The maximum Gasteiger partial charge on any atom is 0.338 e. The molecule has 2 rings (SSSR count). The summed E-state index contributed by atoms with van der Waals surface area (Å²) in [5, 5.41) is 2.94. The van der Waals surface area contributed by atoms with Crippen LogP contribution < -0.4 is 9.61 Å². The summed E-state index contributed by atoms with van der Waals surface area (Å²) in [6, 6.07) is 15.2. The zero-order valence-electron chi connectivity index (χ0n) is 12.3. The fourth-order valence-electron chi connectivity index (χ4n) is 1.90. The fourth-order valence-corrected chi connectivity index (χ4v) is 3.35. The Balaban J connectivity index is 2.06. The van der Waals surface area contributed by atoms with Crippen LogP contribution >= 0.6 is 23.4 Å². The predicted molar refractivity (Wildman–Crippen MR) is 92.5 cm³/mol. The van der Waals surface area contributed by atoms with Crippen molar-refractivity contribution >= 4 is 29.1 Å². The van der Waals surface area contributed by atoms with Gasteiger partial charge in [-0.2, -0.15) is 0 Å². The first-order chi connectivity index (χ1) is 9.85. The lowest BCUT2D eigenvalue weighted by Gasteiger charge is -2.18. The maximum absolute atomic E-state index is 12.5. The van der Waals surface area contributed by atoms with E-state index in [-0.39, 0.29) is 0 Å². The summed E-state index contributed by atoms with van der Waals surface area (Å²) < 4.78 is 19.1. The largest absolute Gasteiger partial charge is 0.429 e. The first-order valence-electron chi connectivity index (χ1n) is 6.77. The van der Waals surface area contributed by atoms with E-state index in [0.717, 1.165) is 10.2 Å². The summed E-state index contributed by atoms with van der Waals surface area (Å²) in [6.07, 6.45) is 0. The Bertz CT molecular complexity index is 638. The summed E-state index contributed by atoms with van der Waals surface area (Å²) in [5.41, 5.74) is 2.00. The quantitative estimate of drug-likeness (QED) is 0.669. The van der Waals surface area contributed by atoms with Gasteiger partial charge < -0.3 is 9.61 Å². The molecule has 0 fully saturated rings. The van der Waals surface area contributed by atoms with Crippen LogP contribution in [0.25, 0.3) is 0 Å². The molecule has 0 aliphatic carbocycles. The van der Waals surface area contributed by atoms with E-state index in [2.05, 4.69) is 34.9 Å². The highest BCUT2D eigenvalue weighted by molar-refractivity contribution is 9.10. The van der Waals surface area contributed by atoms with Crippen molar-refractivity contribution in [3.05, 3.63) is 58.6 Å². The van der Waals surface area contributed by atoms with Crippen LogP contribution in [0.3, 0.4) is 0 Å². The van der Waals surface area contributed by atoms with E-state index in [4.69, 9.17) is 4.52 Å². The van der Waals surface area contributed by atoms with Crippen LogP contribution in [0.1, 0.15) is 25.3 Å². The minimum absolute atomic E-state index is 0.466. The van der Waals surface area contributed by atoms with E-state index >= 15 is 0 Å². The highest BCUT2D eigenvalue weighted by Gasteiger charge is 2.17. The average Bonchev–Trinajstić information content (AvgIpc) is 2.41. The van der Waals surface area contributed by atoms with Gasteiger partial charge in [0.05, 0.1) is 0 Å². The Hall–Kier alpha value is -1.25. The lowest BCUT2D eigenvalue weighted by Crippen LogP contribution is -2.02. The topological polar surface area (TPSA) is 38.3 Å². The van der Waals surface area contributed by atoms with Crippen molar-refractivity contribution in [3.8, 4) is 5.75 Å². The number of halogens is 1. The fraction of sp³-hybridized carbons (Fsp3) is 0.250. The molecule has 0 saturated heterocycles. The highest BCUT2D eigenvalue weighted by atomic mass is 79.9. The smallest absolute Gasteiger partial charge is 0.338 e. The van der Waals surface area contributed by atoms with E-state index in [1.807, 2.05) is 48.5 Å². The molecule has 1 atom stereocenters. The molecule has 0 heterocycles. The van der Waals surface area contributed by atoms with Crippen LogP contribution in [0.4, 0.5) is 5.69 Å². The Morgan fingerprint density at radius 2 is 1.62 bits per heavy atom. The lowest BCUT2D eigenvalue weighted by molar-refractivity contribution is 0.493. The number of anilines is 1. The maximum atomic E-state index is 12.5. The second-order valence-electron chi connectivity index (χ2n) is 5.28. The SMILES string of the molecule is CC(C)c1ccc(O[P@](C)(=O)Nc2ccc(Br)cc2)cc1. The van der Waals surface area contributed by atoms with Crippen molar-refractivity contribution < 1.29 is 9.09 Å². The molecule has 0 bridgehead atoms. The second kappa shape index (κ2) is 6.67. The van der Waals surface area contributed by atoms with Crippen LogP contribution in [0, 0.1) is 0 Å². The van der Waals surface area contributed by atoms with E-state index < -0.39 is 7.52 Å². The minimum atomic E-state index is -2.96. The zero-order chi connectivity index (χ0) is 15.5. The van der Waals surface area contributed by atoms with Gasteiger partial charge >= 0.3 is 7.52 Å². The number of hydrogen-bond donors (Lipinski definition) is 1. The Labute approximate surface area is 134 Å². The summed E-state index contributed by atoms with van der Waals surface area (Å²) in [6.45, 7) is 5.84. The number of hydrogen-bond acceptors (Lipinski definition) is 2. The molecule has 0 amide bonds. The normalized spacial score (nSPS) is 13.8. The molecule has 0 spiro atoms. The third-order valence-corrected chi connectivity index (χ3v) is 4.76. The molecule has 21 heavy (non-hydrogen) atoms. The molecule has 3 nitrogen and oxygen atoms in total. The van der Waals surface area contributed by atoms with Gasteiger partial charge in [-0.05, 0) is 47.9 Å². The monoisotopic (exact) mass is 367 g/mol. The van der Waals surface area contributed by atoms with Crippen molar-refractivity contribution in [3.63, 3.8) is 0 Å². The first-order valence-corrected chi connectivity index (χ1v) is 9.63. The molecule has 1 N–H and O–H groups in total. The van der Waals surface area contributed by atoms with Crippen LogP contribution in [-0.2, 0) is 4.57 Å². The molecule has 0 unspecified atom stereocenters. The first kappa shape index (κ1) is 16.1. The van der Waals surface area contributed by atoms with Crippen molar-refractivity contribution in [1.29, 1.82) is 0 Å². The van der Waals surface area contributed by atoms with Crippen LogP contribution in [-0.4, -0.2) is 6.66 Å². The zero-order valence-corrected chi connectivity index (χ0v) is 14.8.